The van der Waals surface area contributed by atoms with Gasteiger partial charge in [-0.1, -0.05) is 6.92 Å². The molecule has 0 saturated carbocycles. The summed E-state index contributed by atoms with van der Waals surface area (Å²) in [6.45, 7) is 1.83. The predicted molar refractivity (Wildman–Crippen MR) is 70.9 cm³/mol. The van der Waals surface area contributed by atoms with Gasteiger partial charge in [0.15, 0.2) is 0 Å². The first-order chi connectivity index (χ1) is 9.25. The molecular formula is C11H11F3N2O2S2. The Morgan fingerprint density at radius 2 is 2.05 bits per heavy atom. The summed E-state index contributed by atoms with van der Waals surface area (Å²) in [5.41, 5.74) is -1.05. The van der Waals surface area contributed by atoms with Crippen molar-refractivity contribution in [3.63, 3.8) is 0 Å². The molecule has 0 spiro atoms. The maximum absolute atomic E-state index is 13.0. The fourth-order valence-electron chi connectivity index (χ4n) is 1.65. The number of benzene rings is 1. The van der Waals surface area contributed by atoms with Gasteiger partial charge in [-0.25, -0.2) is 13.4 Å². The summed E-state index contributed by atoms with van der Waals surface area (Å²) in [7, 11) is -3.83. The fraction of sp³-hybridized carbons (Fsp3) is 0.364. The minimum Gasteiger partial charge on any atom is -0.270 e. The Balaban J connectivity index is 2.63. The summed E-state index contributed by atoms with van der Waals surface area (Å²) in [6, 6.07) is 1.82. The summed E-state index contributed by atoms with van der Waals surface area (Å²) in [5, 5.41) is 0. The molecule has 1 aliphatic rings. The number of hydrogen-bond donors (Lipinski definition) is 1. The first-order valence-electron chi connectivity index (χ1n) is 5.68. The number of alkyl halides is 3. The van der Waals surface area contributed by atoms with Gasteiger partial charge < -0.3 is 0 Å². The van der Waals surface area contributed by atoms with Crippen LogP contribution in [0, 0.1) is 0 Å². The Kier molecular flexibility index (Phi) is 4.01. The molecule has 1 aromatic carbocycles. The van der Waals surface area contributed by atoms with Crippen LogP contribution < -0.4 is 4.72 Å². The first-order valence-corrected chi connectivity index (χ1v) is 8.15. The normalized spacial score (nSPS) is 16.6. The number of rotatable bonds is 3. The summed E-state index contributed by atoms with van der Waals surface area (Å²) in [5.74, 6) is 0.471. The molecule has 0 unspecified atom stereocenters. The molecule has 9 heteroatoms. The van der Waals surface area contributed by atoms with Crippen molar-refractivity contribution in [2.75, 3.05) is 5.75 Å². The number of thioether (sulfide) groups is 1. The van der Waals surface area contributed by atoms with E-state index in [1.807, 2.05) is 11.6 Å². The zero-order valence-electron chi connectivity index (χ0n) is 10.4. The largest absolute Gasteiger partial charge is 0.417 e. The Morgan fingerprint density at radius 1 is 1.35 bits per heavy atom. The molecule has 0 aliphatic carbocycles. The van der Waals surface area contributed by atoms with Crippen molar-refractivity contribution in [3.8, 4) is 0 Å². The second kappa shape index (κ2) is 5.28. The van der Waals surface area contributed by atoms with Gasteiger partial charge in [-0.2, -0.15) is 13.2 Å². The van der Waals surface area contributed by atoms with E-state index in [2.05, 4.69) is 4.99 Å². The molecule has 1 aromatic rings. The van der Waals surface area contributed by atoms with Crippen LogP contribution in [0.1, 0.15) is 18.9 Å². The highest BCUT2D eigenvalue weighted by atomic mass is 32.2. The highest BCUT2D eigenvalue weighted by molar-refractivity contribution is 7.99. The Bertz CT molecular complexity index is 654. The van der Waals surface area contributed by atoms with Crippen LogP contribution in [-0.4, -0.2) is 20.5 Å². The molecule has 4 nitrogen and oxygen atoms in total. The number of nitrogens with one attached hydrogen (secondary N) is 1. The number of aliphatic imine (C=N–C) groups is 1. The van der Waals surface area contributed by atoms with Crippen LogP contribution in [0.2, 0.25) is 0 Å². The second-order valence-electron chi connectivity index (χ2n) is 4.04. The Hall–Kier alpha value is -1.22. The van der Waals surface area contributed by atoms with Crippen molar-refractivity contribution in [3.05, 3.63) is 17.7 Å². The number of hydrogen-bond acceptors (Lipinski definition) is 4. The van der Waals surface area contributed by atoms with E-state index in [1.54, 1.807) is 0 Å². The lowest BCUT2D eigenvalue weighted by molar-refractivity contribution is -0.139. The maximum Gasteiger partial charge on any atom is 0.417 e. The van der Waals surface area contributed by atoms with Gasteiger partial charge in [0.1, 0.15) is 11.2 Å². The van der Waals surface area contributed by atoms with E-state index < -0.39 is 21.8 Å². The third kappa shape index (κ3) is 2.93. The van der Waals surface area contributed by atoms with Crippen molar-refractivity contribution in [1.29, 1.82) is 0 Å². The van der Waals surface area contributed by atoms with Crippen LogP contribution in [0.3, 0.4) is 0 Å². The van der Waals surface area contributed by atoms with Gasteiger partial charge in [0, 0.05) is 4.90 Å². The Morgan fingerprint density at radius 3 is 2.65 bits per heavy atom. The molecule has 0 fully saturated rings. The smallest absolute Gasteiger partial charge is 0.270 e. The first kappa shape index (κ1) is 15.2. The van der Waals surface area contributed by atoms with Gasteiger partial charge in [0.2, 0.25) is 0 Å². The van der Waals surface area contributed by atoms with Crippen LogP contribution in [0.4, 0.5) is 18.9 Å². The molecule has 1 aliphatic heterocycles. The molecule has 0 bridgehead atoms. The standard InChI is InChI=1S/C11H11F3N2O2S2/c1-2-3-19-9-5-10-8(4-7(9)11(12,13)14)15-6-16-20(10,17)18/h4-6H,2-3H2,1H3,(H,15,16). The van der Waals surface area contributed by atoms with E-state index in [-0.39, 0.29) is 15.5 Å². The lowest BCUT2D eigenvalue weighted by atomic mass is 10.2. The third-order valence-electron chi connectivity index (χ3n) is 2.53. The second-order valence-corrected chi connectivity index (χ2v) is 6.86. The van der Waals surface area contributed by atoms with Crippen LogP contribution in [-0.2, 0) is 16.2 Å². The molecule has 110 valence electrons. The van der Waals surface area contributed by atoms with Crippen LogP contribution >= 0.6 is 11.8 Å². The molecule has 20 heavy (non-hydrogen) atoms. The lowest BCUT2D eigenvalue weighted by Crippen LogP contribution is -2.25. The predicted octanol–water partition coefficient (Wildman–Crippen LogP) is 3.16. The summed E-state index contributed by atoms with van der Waals surface area (Å²) < 4.78 is 64.6. The molecule has 1 N–H and O–H groups in total. The zero-order valence-corrected chi connectivity index (χ0v) is 12.0. The molecule has 0 saturated heterocycles. The highest BCUT2D eigenvalue weighted by Crippen LogP contribution is 2.42. The summed E-state index contributed by atoms with van der Waals surface area (Å²) >= 11 is 0.983. The lowest BCUT2D eigenvalue weighted by Gasteiger charge is -2.18. The SMILES string of the molecule is CCCSc1cc2c(cc1C(F)(F)F)N=CNS2(=O)=O. The monoisotopic (exact) mass is 324 g/mol. The van der Waals surface area contributed by atoms with E-state index >= 15 is 0 Å². The summed E-state index contributed by atoms with van der Waals surface area (Å²) in [6.07, 6.45) is -2.99. The van der Waals surface area contributed by atoms with E-state index in [0.29, 0.717) is 12.2 Å². The topological polar surface area (TPSA) is 58.5 Å². The number of fused-ring (bicyclic) bond motifs is 1. The van der Waals surface area contributed by atoms with Gasteiger partial charge in [-0.3, -0.25) is 4.72 Å². The average molecular weight is 324 g/mol. The van der Waals surface area contributed by atoms with Crippen molar-refractivity contribution >= 4 is 33.8 Å². The molecular weight excluding hydrogens is 313 g/mol. The van der Waals surface area contributed by atoms with E-state index in [9.17, 15) is 21.6 Å². The highest BCUT2D eigenvalue weighted by Gasteiger charge is 2.36. The number of halogens is 3. The molecule has 0 radical (unpaired) electrons. The quantitative estimate of drug-likeness (QED) is 0.869. The van der Waals surface area contributed by atoms with Crippen LogP contribution in [0.5, 0.6) is 0 Å². The van der Waals surface area contributed by atoms with Crippen molar-refractivity contribution in [2.24, 2.45) is 4.99 Å². The summed E-state index contributed by atoms with van der Waals surface area (Å²) in [4.78, 5) is 3.33. The zero-order chi connectivity index (χ0) is 15.0. The number of sulfonamides is 1. The van der Waals surface area contributed by atoms with E-state index in [0.717, 1.165) is 30.2 Å². The minimum atomic E-state index is -4.55. The molecule has 0 aromatic heterocycles. The van der Waals surface area contributed by atoms with Crippen LogP contribution in [0.25, 0.3) is 0 Å². The average Bonchev–Trinajstić information content (AvgIpc) is 2.34. The van der Waals surface area contributed by atoms with E-state index in [1.165, 1.54) is 0 Å². The van der Waals surface area contributed by atoms with Gasteiger partial charge in [-0.15, -0.1) is 11.8 Å². The Labute approximate surface area is 118 Å². The van der Waals surface area contributed by atoms with Gasteiger partial charge in [0.05, 0.1) is 11.3 Å². The fourth-order valence-corrected chi connectivity index (χ4v) is 3.66. The third-order valence-corrected chi connectivity index (χ3v) is 5.11. The van der Waals surface area contributed by atoms with Gasteiger partial charge in [-0.05, 0) is 24.3 Å². The number of nitrogens with zero attached hydrogens (tertiary/aromatic N) is 1. The van der Waals surface area contributed by atoms with Crippen molar-refractivity contribution in [1.82, 2.24) is 4.72 Å². The van der Waals surface area contributed by atoms with Crippen LogP contribution in [0.15, 0.2) is 26.9 Å². The van der Waals surface area contributed by atoms with Crippen molar-refractivity contribution in [2.45, 2.75) is 29.3 Å². The molecule has 1 heterocycles. The van der Waals surface area contributed by atoms with E-state index in [4.69, 9.17) is 0 Å². The molecule has 0 amide bonds. The molecule has 0 atom stereocenters. The van der Waals surface area contributed by atoms with Gasteiger partial charge in [0.25, 0.3) is 10.0 Å². The molecule has 2 rings (SSSR count). The minimum absolute atomic E-state index is 0.0967. The van der Waals surface area contributed by atoms with Crippen molar-refractivity contribution < 1.29 is 21.6 Å². The van der Waals surface area contributed by atoms with Gasteiger partial charge >= 0.3 is 6.18 Å². The maximum atomic E-state index is 13.0.